The van der Waals surface area contributed by atoms with Crippen LogP contribution in [0.15, 0.2) is 0 Å². The average Bonchev–Trinajstić information content (AvgIpc) is 3.20. The number of terminal acetylenes is 1. The maximum absolute atomic E-state index is 6.62. The molecule has 0 radical (unpaired) electrons. The highest BCUT2D eigenvalue weighted by Gasteiger charge is 2.51. The van der Waals surface area contributed by atoms with Gasteiger partial charge < -0.3 is 18.6 Å². The summed E-state index contributed by atoms with van der Waals surface area (Å²) in [5.74, 6) is 2.80. The molecule has 5 heteroatoms. The minimum Gasteiger partial charge on any atom is -0.413 e. The van der Waals surface area contributed by atoms with Gasteiger partial charge in [0.25, 0.3) is 0 Å². The van der Waals surface area contributed by atoms with E-state index < -0.39 is 8.32 Å². The molecular weight excluding hydrogens is 284 g/mol. The van der Waals surface area contributed by atoms with E-state index in [1.165, 1.54) is 0 Å². The summed E-state index contributed by atoms with van der Waals surface area (Å²) < 4.78 is 23.5. The molecule has 2 heterocycles. The topological polar surface area (TPSA) is 40.2 Å². The monoisotopic (exact) mass is 312 g/mol. The van der Waals surface area contributed by atoms with Crippen LogP contribution in [0.4, 0.5) is 0 Å². The Kier molecular flexibility index (Phi) is 4.86. The molecule has 2 aliphatic heterocycles. The summed E-state index contributed by atoms with van der Waals surface area (Å²) in [7, 11) is -0.217. The van der Waals surface area contributed by atoms with Gasteiger partial charge in [-0.15, -0.1) is 6.42 Å². The number of ether oxygens (including phenoxy) is 3. The molecule has 0 aromatic rings. The largest absolute Gasteiger partial charge is 0.413 e. The highest BCUT2D eigenvalue weighted by molar-refractivity contribution is 6.74. The molecule has 2 aliphatic rings. The lowest BCUT2D eigenvalue weighted by Gasteiger charge is -2.45. The van der Waals surface area contributed by atoms with Crippen molar-refractivity contribution in [3.8, 4) is 12.3 Å². The quantitative estimate of drug-likeness (QED) is 0.455. The van der Waals surface area contributed by atoms with Gasteiger partial charge >= 0.3 is 0 Å². The second kappa shape index (κ2) is 6.02. The summed E-state index contributed by atoms with van der Waals surface area (Å²) in [5.41, 5.74) is 0. The van der Waals surface area contributed by atoms with Crippen molar-refractivity contribution >= 4 is 8.32 Å². The van der Waals surface area contributed by atoms with Gasteiger partial charge in [-0.1, -0.05) is 26.7 Å². The Morgan fingerprint density at radius 1 is 1.29 bits per heavy atom. The molecule has 0 bridgehead atoms. The van der Waals surface area contributed by atoms with E-state index in [2.05, 4.69) is 39.8 Å². The molecule has 0 aliphatic carbocycles. The molecule has 0 aromatic carbocycles. The second-order valence-corrected chi connectivity index (χ2v) is 12.3. The lowest BCUT2D eigenvalue weighted by Crippen LogP contribution is -2.54. The van der Waals surface area contributed by atoms with Gasteiger partial charge in [0.15, 0.2) is 14.6 Å². The van der Waals surface area contributed by atoms with Gasteiger partial charge in [0, 0.05) is 13.5 Å². The van der Waals surface area contributed by atoms with E-state index in [1.54, 1.807) is 7.11 Å². The minimum absolute atomic E-state index is 0.0399. The predicted octanol–water partition coefficient (Wildman–Crippen LogP) is 2.79. The van der Waals surface area contributed by atoms with E-state index in [0.29, 0.717) is 6.42 Å². The first-order valence-corrected chi connectivity index (χ1v) is 10.5. The van der Waals surface area contributed by atoms with E-state index in [-0.39, 0.29) is 35.6 Å². The van der Waals surface area contributed by atoms with Gasteiger partial charge in [-0.3, -0.25) is 0 Å². The van der Waals surface area contributed by atoms with Crippen LogP contribution < -0.4 is 0 Å². The van der Waals surface area contributed by atoms with Crippen LogP contribution in [0.5, 0.6) is 0 Å². The molecule has 0 saturated carbocycles. The zero-order valence-corrected chi connectivity index (χ0v) is 15.0. The van der Waals surface area contributed by atoms with E-state index in [4.69, 9.17) is 25.1 Å². The highest BCUT2D eigenvalue weighted by Crippen LogP contribution is 2.43. The summed E-state index contributed by atoms with van der Waals surface area (Å²) in [6.45, 7) is 12.0. The Morgan fingerprint density at radius 3 is 2.33 bits per heavy atom. The molecule has 5 atom stereocenters. The van der Waals surface area contributed by atoms with Crippen LogP contribution in [0, 0.1) is 18.3 Å². The number of hydrogen-bond donors (Lipinski definition) is 0. The number of hydrogen-bond acceptors (Lipinski definition) is 4. The van der Waals surface area contributed by atoms with Gasteiger partial charge in [-0.05, 0) is 18.1 Å². The molecule has 0 aromatic heterocycles. The van der Waals surface area contributed by atoms with Crippen LogP contribution in [0.25, 0.3) is 0 Å². The number of methoxy groups -OCH3 is 1. The SMILES string of the molecule is C#C[C@@H]1C[C@@H](O[Si](C)(C)C(C)(C)C)[C@H]([C@H]2CO2)[C@@H](OC)O1. The van der Waals surface area contributed by atoms with Gasteiger partial charge in [-0.25, -0.2) is 0 Å². The maximum Gasteiger partial charge on any atom is 0.192 e. The van der Waals surface area contributed by atoms with Gasteiger partial charge in [-0.2, -0.15) is 0 Å². The third kappa shape index (κ3) is 3.69. The lowest BCUT2D eigenvalue weighted by atomic mass is 9.91. The minimum atomic E-state index is -1.87. The summed E-state index contributed by atoms with van der Waals surface area (Å²) in [6, 6.07) is 0. The predicted molar refractivity (Wildman–Crippen MR) is 84.4 cm³/mol. The summed E-state index contributed by atoms with van der Waals surface area (Å²) >= 11 is 0. The average molecular weight is 312 g/mol. The second-order valence-electron chi connectivity index (χ2n) is 7.50. The smallest absolute Gasteiger partial charge is 0.192 e. The number of epoxide rings is 1. The fourth-order valence-electron chi connectivity index (χ4n) is 2.55. The van der Waals surface area contributed by atoms with Crippen molar-refractivity contribution < 1.29 is 18.6 Å². The van der Waals surface area contributed by atoms with Gasteiger partial charge in [0.05, 0.1) is 24.7 Å². The van der Waals surface area contributed by atoms with Crippen molar-refractivity contribution in [1.82, 2.24) is 0 Å². The Balaban J connectivity index is 2.18. The normalized spacial score (nSPS) is 37.1. The zero-order chi connectivity index (χ0) is 15.8. The van der Waals surface area contributed by atoms with Crippen molar-refractivity contribution in [2.24, 2.45) is 5.92 Å². The molecule has 120 valence electrons. The Labute approximate surface area is 129 Å². The summed E-state index contributed by atoms with van der Waals surface area (Å²) in [4.78, 5) is 0. The van der Waals surface area contributed by atoms with E-state index in [0.717, 1.165) is 6.61 Å². The molecule has 0 amide bonds. The zero-order valence-electron chi connectivity index (χ0n) is 14.0. The van der Waals surface area contributed by atoms with Crippen LogP contribution in [-0.2, 0) is 18.6 Å². The van der Waals surface area contributed by atoms with Crippen LogP contribution in [-0.4, -0.2) is 46.6 Å². The van der Waals surface area contributed by atoms with Crippen molar-refractivity contribution in [3.05, 3.63) is 0 Å². The molecule has 0 N–H and O–H groups in total. The summed E-state index contributed by atoms with van der Waals surface area (Å²) in [6.07, 6.45) is 5.89. The summed E-state index contributed by atoms with van der Waals surface area (Å²) in [5, 5.41) is 0.161. The van der Waals surface area contributed by atoms with Crippen molar-refractivity contribution in [2.45, 2.75) is 69.9 Å². The van der Waals surface area contributed by atoms with Crippen LogP contribution in [0.2, 0.25) is 18.1 Å². The van der Waals surface area contributed by atoms with Crippen molar-refractivity contribution in [3.63, 3.8) is 0 Å². The van der Waals surface area contributed by atoms with Crippen LogP contribution >= 0.6 is 0 Å². The van der Waals surface area contributed by atoms with E-state index in [9.17, 15) is 0 Å². The highest BCUT2D eigenvalue weighted by atomic mass is 28.4. The molecule has 2 fully saturated rings. The van der Waals surface area contributed by atoms with Crippen molar-refractivity contribution in [1.29, 1.82) is 0 Å². The molecule has 0 unspecified atom stereocenters. The fourth-order valence-corrected chi connectivity index (χ4v) is 3.91. The first-order valence-electron chi connectivity index (χ1n) is 7.63. The Hall–Kier alpha value is -0.383. The third-order valence-electron chi connectivity index (χ3n) is 4.95. The molecule has 0 spiro atoms. The Morgan fingerprint density at radius 2 is 1.90 bits per heavy atom. The molecule has 2 saturated heterocycles. The van der Waals surface area contributed by atoms with E-state index >= 15 is 0 Å². The molecule has 2 rings (SSSR count). The lowest BCUT2D eigenvalue weighted by molar-refractivity contribution is -0.225. The number of rotatable bonds is 4. The molecule has 21 heavy (non-hydrogen) atoms. The van der Waals surface area contributed by atoms with E-state index in [1.807, 2.05) is 0 Å². The first-order chi connectivity index (χ1) is 9.69. The van der Waals surface area contributed by atoms with Gasteiger partial charge in [0.1, 0.15) is 6.10 Å². The van der Waals surface area contributed by atoms with Gasteiger partial charge in [0.2, 0.25) is 0 Å². The van der Waals surface area contributed by atoms with Crippen LogP contribution in [0.1, 0.15) is 27.2 Å². The molecule has 4 nitrogen and oxygen atoms in total. The Bertz CT molecular complexity index is 405. The van der Waals surface area contributed by atoms with Crippen molar-refractivity contribution in [2.75, 3.05) is 13.7 Å². The standard InChI is InChI=1S/C16H28O4Si/c1-8-11-9-12(20-21(6,7)16(2,3)4)14(13-10-18-13)15(17-5)19-11/h1,11-15H,9-10H2,2-7H3/t11-,12-,13-,14-,15+/m1/s1. The molecular formula is C16H28O4Si. The fraction of sp³-hybridized carbons (Fsp3) is 0.875. The van der Waals surface area contributed by atoms with Crippen LogP contribution in [0.3, 0.4) is 0 Å². The third-order valence-corrected chi connectivity index (χ3v) is 9.45. The first kappa shape index (κ1) is 17.0. The maximum atomic E-state index is 6.62.